The van der Waals surface area contributed by atoms with Crippen LogP contribution in [0, 0.1) is 0 Å². The summed E-state index contributed by atoms with van der Waals surface area (Å²) in [6.07, 6.45) is 3.74. The number of benzene rings is 1. The molecule has 0 aliphatic carbocycles. The highest BCUT2D eigenvalue weighted by molar-refractivity contribution is 8.11. The van der Waals surface area contributed by atoms with Gasteiger partial charge in [-0.15, -0.1) is 0 Å². The third-order valence-electron chi connectivity index (χ3n) is 3.35. The van der Waals surface area contributed by atoms with Gasteiger partial charge in [0.1, 0.15) is 0 Å². The third-order valence-corrected chi connectivity index (χ3v) is 5.33. The van der Waals surface area contributed by atoms with Gasteiger partial charge in [-0.2, -0.15) is 11.8 Å². The maximum absolute atomic E-state index is 11.6. The minimum absolute atomic E-state index is 0.346. The number of carbonyl (C=O) groups excluding carboxylic acids is 1. The van der Waals surface area contributed by atoms with Crippen molar-refractivity contribution >= 4 is 34.4 Å². The molecule has 1 fully saturated rings. The van der Waals surface area contributed by atoms with Gasteiger partial charge in [0.2, 0.25) is 0 Å². The summed E-state index contributed by atoms with van der Waals surface area (Å²) in [4.78, 5) is 12.5. The van der Waals surface area contributed by atoms with Crippen LogP contribution in [0.4, 0.5) is 0 Å². The number of hydrogen-bond donors (Lipinski definition) is 1. The third kappa shape index (κ3) is 5.46. The van der Waals surface area contributed by atoms with Gasteiger partial charge < -0.3 is 10.1 Å². The largest absolute Gasteiger partial charge is 0.466 e. The van der Waals surface area contributed by atoms with Crippen LogP contribution >= 0.6 is 23.5 Å². The summed E-state index contributed by atoms with van der Waals surface area (Å²) in [6.45, 7) is 4.12. The predicted octanol–water partition coefficient (Wildman–Crippen LogP) is 3.89. The zero-order chi connectivity index (χ0) is 15.8. The first kappa shape index (κ1) is 17.0. The van der Waals surface area contributed by atoms with E-state index in [0.717, 1.165) is 39.8 Å². The summed E-state index contributed by atoms with van der Waals surface area (Å²) in [6, 6.07) is 10.4. The Bertz CT molecular complexity index is 537. The molecular weight excluding hydrogens is 314 g/mol. The van der Waals surface area contributed by atoms with E-state index in [9.17, 15) is 4.79 Å². The monoisotopic (exact) mass is 335 g/mol. The molecule has 0 spiro atoms. The van der Waals surface area contributed by atoms with Crippen LogP contribution in [0.3, 0.4) is 0 Å². The lowest BCUT2D eigenvalue weighted by Crippen LogP contribution is -2.31. The molecule has 1 aliphatic rings. The van der Waals surface area contributed by atoms with E-state index in [4.69, 9.17) is 4.74 Å². The van der Waals surface area contributed by atoms with Gasteiger partial charge in [0.05, 0.1) is 18.2 Å². The molecular formula is C17H21NO2S2. The number of carbonyl (C=O) groups is 1. The highest BCUT2D eigenvalue weighted by atomic mass is 32.2. The van der Waals surface area contributed by atoms with Crippen LogP contribution in [-0.2, 0) is 9.53 Å². The van der Waals surface area contributed by atoms with Gasteiger partial charge in [0.25, 0.3) is 0 Å². The Balaban J connectivity index is 2.05. The molecule has 3 nitrogen and oxygen atoms in total. The summed E-state index contributed by atoms with van der Waals surface area (Å²) < 4.78 is 4.75. The molecule has 0 aromatic heterocycles. The molecule has 1 heterocycles. The molecule has 0 amide bonds. The first-order valence-electron chi connectivity index (χ1n) is 7.25. The fourth-order valence-electron chi connectivity index (χ4n) is 2.13. The fraction of sp³-hybridized carbons (Fsp3) is 0.353. The van der Waals surface area contributed by atoms with E-state index < -0.39 is 0 Å². The second-order valence-corrected chi connectivity index (χ2v) is 7.32. The standard InChI is InChI=1S/C17H21NO2S2/c1-13(14-6-4-3-5-7-14)22-16(12-17(19)20-2)18-15-8-10-21-11-9-15/h3-7,12,15,18H,1,8-11H2,2H3/b16-12+. The molecule has 1 aromatic rings. The Morgan fingerprint density at radius 3 is 2.68 bits per heavy atom. The van der Waals surface area contributed by atoms with Crippen molar-refractivity contribution in [3.05, 3.63) is 53.6 Å². The Kier molecular flexibility index (Phi) is 6.93. The van der Waals surface area contributed by atoms with Gasteiger partial charge in [-0.1, -0.05) is 48.7 Å². The van der Waals surface area contributed by atoms with Gasteiger partial charge in [0.15, 0.2) is 0 Å². The van der Waals surface area contributed by atoms with E-state index in [-0.39, 0.29) is 5.97 Å². The van der Waals surface area contributed by atoms with Gasteiger partial charge in [0, 0.05) is 10.9 Å². The first-order valence-corrected chi connectivity index (χ1v) is 9.22. The molecule has 0 bridgehead atoms. The second-order valence-electron chi connectivity index (χ2n) is 4.95. The van der Waals surface area contributed by atoms with E-state index in [1.54, 1.807) is 0 Å². The van der Waals surface area contributed by atoms with Crippen LogP contribution in [0.2, 0.25) is 0 Å². The first-order chi connectivity index (χ1) is 10.7. The van der Waals surface area contributed by atoms with Crippen LogP contribution in [0.15, 0.2) is 48.0 Å². The predicted molar refractivity (Wildman–Crippen MR) is 96.6 cm³/mol. The van der Waals surface area contributed by atoms with Crippen LogP contribution in [0.25, 0.3) is 4.91 Å². The van der Waals surface area contributed by atoms with Gasteiger partial charge in [-0.05, 0) is 29.9 Å². The summed E-state index contributed by atoms with van der Waals surface area (Å²) >= 11 is 3.46. The van der Waals surface area contributed by atoms with Crippen molar-refractivity contribution in [2.45, 2.75) is 18.9 Å². The van der Waals surface area contributed by atoms with Crippen molar-refractivity contribution in [3.8, 4) is 0 Å². The molecule has 5 heteroatoms. The lowest BCUT2D eigenvalue weighted by molar-refractivity contribution is -0.134. The Morgan fingerprint density at radius 2 is 2.05 bits per heavy atom. The molecule has 0 unspecified atom stereocenters. The van der Waals surface area contributed by atoms with Gasteiger partial charge in [-0.3, -0.25) is 0 Å². The number of esters is 1. The van der Waals surface area contributed by atoms with Gasteiger partial charge in [-0.25, -0.2) is 4.79 Å². The summed E-state index contributed by atoms with van der Waals surface area (Å²) in [5.41, 5.74) is 1.06. The lowest BCUT2D eigenvalue weighted by atomic mass is 10.2. The van der Waals surface area contributed by atoms with Crippen molar-refractivity contribution in [2.24, 2.45) is 0 Å². The van der Waals surface area contributed by atoms with Crippen LogP contribution < -0.4 is 5.32 Å². The molecule has 0 saturated carbocycles. The number of hydrogen-bond acceptors (Lipinski definition) is 5. The smallest absolute Gasteiger partial charge is 0.333 e. The van der Waals surface area contributed by atoms with Crippen molar-refractivity contribution < 1.29 is 9.53 Å². The number of ether oxygens (including phenoxy) is 1. The number of methoxy groups -OCH3 is 1. The molecule has 118 valence electrons. The maximum atomic E-state index is 11.6. The van der Waals surface area contributed by atoms with E-state index >= 15 is 0 Å². The van der Waals surface area contributed by atoms with Gasteiger partial charge >= 0.3 is 5.97 Å². The second kappa shape index (κ2) is 8.96. The quantitative estimate of drug-likeness (QED) is 0.631. The number of nitrogens with one attached hydrogen (secondary N) is 1. The Hall–Kier alpha value is -1.33. The molecule has 0 atom stereocenters. The molecule has 1 saturated heterocycles. The molecule has 22 heavy (non-hydrogen) atoms. The maximum Gasteiger partial charge on any atom is 0.333 e. The lowest BCUT2D eigenvalue weighted by Gasteiger charge is -2.25. The summed E-state index contributed by atoms with van der Waals surface area (Å²) in [5.74, 6) is 1.97. The SMILES string of the molecule is C=C(S/C(=C/C(=O)OC)NC1CCSCC1)c1ccccc1. The minimum atomic E-state index is -0.346. The molecule has 1 N–H and O–H groups in total. The number of rotatable bonds is 6. The number of thioether (sulfide) groups is 2. The summed E-state index contributed by atoms with van der Waals surface area (Å²) in [5, 5.41) is 4.27. The zero-order valence-electron chi connectivity index (χ0n) is 12.7. The molecule has 1 aromatic carbocycles. The van der Waals surface area contributed by atoms with E-state index in [1.165, 1.54) is 24.9 Å². The highest BCUT2D eigenvalue weighted by Gasteiger charge is 2.16. The zero-order valence-corrected chi connectivity index (χ0v) is 14.3. The topological polar surface area (TPSA) is 38.3 Å². The molecule has 0 radical (unpaired) electrons. The highest BCUT2D eigenvalue weighted by Crippen LogP contribution is 2.31. The minimum Gasteiger partial charge on any atom is -0.466 e. The fourth-order valence-corrected chi connectivity index (χ4v) is 4.13. The van der Waals surface area contributed by atoms with Crippen molar-refractivity contribution in [1.82, 2.24) is 5.32 Å². The molecule has 1 aliphatic heterocycles. The van der Waals surface area contributed by atoms with E-state index in [2.05, 4.69) is 11.9 Å². The van der Waals surface area contributed by atoms with Crippen LogP contribution in [-0.4, -0.2) is 30.6 Å². The van der Waals surface area contributed by atoms with Crippen molar-refractivity contribution in [3.63, 3.8) is 0 Å². The average molecular weight is 335 g/mol. The van der Waals surface area contributed by atoms with Crippen LogP contribution in [0.1, 0.15) is 18.4 Å². The van der Waals surface area contributed by atoms with E-state index in [1.807, 2.05) is 42.1 Å². The Labute approximate surface area is 140 Å². The van der Waals surface area contributed by atoms with E-state index in [0.29, 0.717) is 6.04 Å². The summed E-state index contributed by atoms with van der Waals surface area (Å²) in [7, 11) is 1.39. The Morgan fingerprint density at radius 1 is 1.36 bits per heavy atom. The van der Waals surface area contributed by atoms with Crippen molar-refractivity contribution in [2.75, 3.05) is 18.6 Å². The van der Waals surface area contributed by atoms with Crippen LogP contribution in [0.5, 0.6) is 0 Å². The normalized spacial score (nSPS) is 16.1. The average Bonchev–Trinajstić information content (AvgIpc) is 2.56. The molecule has 2 rings (SSSR count). The van der Waals surface area contributed by atoms with Crippen molar-refractivity contribution in [1.29, 1.82) is 0 Å².